The Morgan fingerprint density at radius 3 is 1.38 bits per heavy atom. The van der Waals surface area contributed by atoms with Crippen LogP contribution in [0.25, 0.3) is 0 Å². The molecule has 4 nitrogen and oxygen atoms in total. The van der Waals surface area contributed by atoms with Gasteiger partial charge in [0.05, 0.1) is 11.8 Å². The third-order valence-corrected chi connectivity index (χ3v) is 6.17. The van der Waals surface area contributed by atoms with Gasteiger partial charge in [0.1, 0.15) is 0 Å². The third-order valence-electron chi connectivity index (χ3n) is 6.17. The standard InChI is InChI=1S/C22H38O4/c1-5-9-15(7-3)11-17-13-19(21(23)24)20(22(25)26)14-18(17)12-16(8-4)10-6-2/h15-16,19-20H,5-14H2,1-4H3,(H,23,24)(H,25,26). The van der Waals surface area contributed by atoms with Gasteiger partial charge in [0.15, 0.2) is 0 Å². The van der Waals surface area contributed by atoms with Crippen LogP contribution < -0.4 is 0 Å². The quantitative estimate of drug-likeness (QED) is 0.421. The number of carbonyl (C=O) groups is 2. The van der Waals surface area contributed by atoms with E-state index in [1.807, 2.05) is 0 Å². The van der Waals surface area contributed by atoms with Gasteiger partial charge in [-0.05, 0) is 37.5 Å². The Bertz CT molecular complexity index is 450. The average Bonchev–Trinajstić information content (AvgIpc) is 2.61. The molecule has 0 aromatic rings. The maximum Gasteiger partial charge on any atom is 0.307 e. The number of aliphatic carboxylic acids is 2. The summed E-state index contributed by atoms with van der Waals surface area (Å²) in [5.41, 5.74) is 2.51. The van der Waals surface area contributed by atoms with E-state index in [4.69, 9.17) is 0 Å². The van der Waals surface area contributed by atoms with Crippen molar-refractivity contribution in [1.29, 1.82) is 0 Å². The molecule has 26 heavy (non-hydrogen) atoms. The molecule has 0 amide bonds. The number of hydrogen-bond donors (Lipinski definition) is 2. The number of allylic oxidation sites excluding steroid dienone is 2. The Hall–Kier alpha value is -1.32. The first-order valence-corrected chi connectivity index (χ1v) is 10.5. The molecular weight excluding hydrogens is 328 g/mol. The molecule has 0 bridgehead atoms. The number of rotatable bonds is 12. The Labute approximate surface area is 159 Å². The molecule has 0 aliphatic heterocycles. The molecule has 4 unspecified atom stereocenters. The first-order valence-electron chi connectivity index (χ1n) is 10.5. The fourth-order valence-electron chi connectivity index (χ4n) is 4.49. The van der Waals surface area contributed by atoms with Gasteiger partial charge >= 0.3 is 11.9 Å². The summed E-state index contributed by atoms with van der Waals surface area (Å²) >= 11 is 0. The zero-order chi connectivity index (χ0) is 19.7. The molecule has 1 aliphatic rings. The summed E-state index contributed by atoms with van der Waals surface area (Å²) < 4.78 is 0. The minimum absolute atomic E-state index is 0.421. The summed E-state index contributed by atoms with van der Waals surface area (Å²) in [6.07, 6.45) is 9.49. The van der Waals surface area contributed by atoms with Crippen LogP contribution >= 0.6 is 0 Å². The van der Waals surface area contributed by atoms with E-state index in [1.54, 1.807) is 0 Å². The highest BCUT2D eigenvalue weighted by molar-refractivity contribution is 5.81. The van der Waals surface area contributed by atoms with E-state index >= 15 is 0 Å². The second-order valence-electron chi connectivity index (χ2n) is 8.04. The average molecular weight is 367 g/mol. The molecule has 0 radical (unpaired) electrons. The third kappa shape index (κ3) is 6.44. The monoisotopic (exact) mass is 366 g/mol. The summed E-state index contributed by atoms with van der Waals surface area (Å²) in [7, 11) is 0. The van der Waals surface area contributed by atoms with Crippen molar-refractivity contribution in [3.05, 3.63) is 11.1 Å². The Kier molecular flexibility index (Phi) is 9.97. The normalized spacial score (nSPS) is 22.9. The highest BCUT2D eigenvalue weighted by atomic mass is 16.4. The van der Waals surface area contributed by atoms with Crippen LogP contribution in [0.1, 0.15) is 91.9 Å². The molecular formula is C22H38O4. The van der Waals surface area contributed by atoms with Gasteiger partial charge in [0.2, 0.25) is 0 Å². The van der Waals surface area contributed by atoms with Crippen LogP contribution in [-0.2, 0) is 9.59 Å². The fraction of sp³-hybridized carbons (Fsp3) is 0.818. The molecule has 0 fully saturated rings. The van der Waals surface area contributed by atoms with Crippen molar-refractivity contribution >= 4 is 11.9 Å². The van der Waals surface area contributed by atoms with Crippen molar-refractivity contribution in [2.75, 3.05) is 0 Å². The van der Waals surface area contributed by atoms with Crippen molar-refractivity contribution in [3.63, 3.8) is 0 Å². The molecule has 4 atom stereocenters. The summed E-state index contributed by atoms with van der Waals surface area (Å²) in [6, 6.07) is 0. The highest BCUT2D eigenvalue weighted by Crippen LogP contribution is 2.41. The summed E-state index contributed by atoms with van der Waals surface area (Å²) in [5, 5.41) is 19.2. The lowest BCUT2D eigenvalue weighted by Crippen LogP contribution is -2.34. The van der Waals surface area contributed by atoms with E-state index in [0.717, 1.165) is 51.4 Å². The van der Waals surface area contributed by atoms with Crippen molar-refractivity contribution in [2.45, 2.75) is 91.9 Å². The maximum absolute atomic E-state index is 11.7. The molecule has 2 N–H and O–H groups in total. The van der Waals surface area contributed by atoms with Gasteiger partial charge < -0.3 is 10.2 Å². The Balaban J connectivity index is 3.16. The zero-order valence-electron chi connectivity index (χ0n) is 17.1. The molecule has 0 aromatic heterocycles. The van der Waals surface area contributed by atoms with E-state index in [9.17, 15) is 19.8 Å². The van der Waals surface area contributed by atoms with E-state index in [-0.39, 0.29) is 0 Å². The molecule has 0 aromatic carbocycles. The van der Waals surface area contributed by atoms with Gasteiger partial charge in [-0.2, -0.15) is 0 Å². The first-order chi connectivity index (χ1) is 12.4. The second-order valence-corrected chi connectivity index (χ2v) is 8.04. The lowest BCUT2D eigenvalue weighted by molar-refractivity contribution is -0.154. The van der Waals surface area contributed by atoms with Crippen molar-refractivity contribution in [1.82, 2.24) is 0 Å². The van der Waals surface area contributed by atoms with Crippen LogP contribution in [0.5, 0.6) is 0 Å². The lowest BCUT2D eigenvalue weighted by atomic mass is 9.71. The number of carboxylic acid groups (broad SMARTS) is 2. The van der Waals surface area contributed by atoms with Gasteiger partial charge in [-0.15, -0.1) is 0 Å². The van der Waals surface area contributed by atoms with Crippen molar-refractivity contribution in [2.24, 2.45) is 23.7 Å². The van der Waals surface area contributed by atoms with E-state index in [0.29, 0.717) is 24.7 Å². The van der Waals surface area contributed by atoms with Crippen molar-refractivity contribution in [3.8, 4) is 0 Å². The van der Waals surface area contributed by atoms with Gasteiger partial charge in [0, 0.05) is 0 Å². The van der Waals surface area contributed by atoms with E-state index in [1.165, 1.54) is 11.1 Å². The van der Waals surface area contributed by atoms with E-state index in [2.05, 4.69) is 27.7 Å². The smallest absolute Gasteiger partial charge is 0.307 e. The molecule has 0 heterocycles. The molecule has 4 heteroatoms. The Morgan fingerprint density at radius 1 is 0.808 bits per heavy atom. The van der Waals surface area contributed by atoms with Crippen LogP contribution in [0.3, 0.4) is 0 Å². The van der Waals surface area contributed by atoms with Gasteiger partial charge in [-0.1, -0.05) is 77.4 Å². The molecule has 0 saturated carbocycles. The first kappa shape index (κ1) is 22.7. The Morgan fingerprint density at radius 2 is 1.15 bits per heavy atom. The summed E-state index contributed by atoms with van der Waals surface area (Å²) in [6.45, 7) is 8.77. The van der Waals surface area contributed by atoms with Gasteiger partial charge in [-0.3, -0.25) is 9.59 Å². The number of hydrogen-bond acceptors (Lipinski definition) is 2. The maximum atomic E-state index is 11.7. The van der Waals surface area contributed by atoms with Crippen LogP contribution in [0, 0.1) is 23.7 Å². The van der Waals surface area contributed by atoms with Crippen molar-refractivity contribution < 1.29 is 19.8 Å². The molecule has 1 rings (SSSR count). The topological polar surface area (TPSA) is 74.6 Å². The lowest BCUT2D eigenvalue weighted by Gasteiger charge is -2.33. The summed E-state index contributed by atoms with van der Waals surface area (Å²) in [5.74, 6) is -2.33. The predicted molar refractivity (Wildman–Crippen MR) is 105 cm³/mol. The van der Waals surface area contributed by atoms with Crippen LogP contribution in [-0.4, -0.2) is 22.2 Å². The zero-order valence-corrected chi connectivity index (χ0v) is 17.1. The molecule has 150 valence electrons. The molecule has 0 spiro atoms. The highest BCUT2D eigenvalue weighted by Gasteiger charge is 2.39. The largest absolute Gasteiger partial charge is 0.481 e. The van der Waals surface area contributed by atoms with Crippen LogP contribution in [0.4, 0.5) is 0 Å². The second kappa shape index (κ2) is 11.4. The van der Waals surface area contributed by atoms with Gasteiger partial charge in [0.25, 0.3) is 0 Å². The predicted octanol–water partition coefficient (Wildman–Crippen LogP) is 5.91. The van der Waals surface area contributed by atoms with Crippen LogP contribution in [0.15, 0.2) is 11.1 Å². The minimum atomic E-state index is -0.960. The SMILES string of the molecule is CCCC(CC)CC1=C(CC(CC)CCC)CC(C(=O)O)C(C(=O)O)C1. The van der Waals surface area contributed by atoms with Gasteiger partial charge in [-0.25, -0.2) is 0 Å². The van der Waals surface area contributed by atoms with Crippen LogP contribution in [0.2, 0.25) is 0 Å². The summed E-state index contributed by atoms with van der Waals surface area (Å²) in [4.78, 5) is 23.4. The molecule has 1 aliphatic carbocycles. The minimum Gasteiger partial charge on any atom is -0.481 e. The fourth-order valence-corrected chi connectivity index (χ4v) is 4.49. The van der Waals surface area contributed by atoms with E-state index < -0.39 is 23.8 Å². The number of carboxylic acids is 2. The molecule has 0 saturated heterocycles.